The molecule has 0 saturated heterocycles. The summed E-state index contributed by atoms with van der Waals surface area (Å²) in [6.45, 7) is 3.94. The summed E-state index contributed by atoms with van der Waals surface area (Å²) < 4.78 is 11.4. The Morgan fingerprint density at radius 3 is 2.04 bits per heavy atom. The van der Waals surface area contributed by atoms with Crippen molar-refractivity contribution in [2.45, 2.75) is 33.2 Å². The molecule has 1 heterocycles. The molecule has 0 fully saturated rings. The number of carbonyl (C=O) groups excluding carboxylic acids is 3. The molecular weight excluding hydrogens is 334 g/mol. The van der Waals surface area contributed by atoms with Gasteiger partial charge in [-0.15, -0.1) is 0 Å². The second-order valence-corrected chi connectivity index (χ2v) is 5.73. The lowest BCUT2D eigenvalue weighted by Gasteiger charge is -2.12. The van der Waals surface area contributed by atoms with E-state index in [2.05, 4.69) is 0 Å². The Morgan fingerprint density at radius 2 is 1.54 bits per heavy atom. The summed E-state index contributed by atoms with van der Waals surface area (Å²) in [7, 11) is 2.47. The quantitative estimate of drug-likeness (QED) is 0.562. The van der Waals surface area contributed by atoms with Gasteiger partial charge in [0.15, 0.2) is 5.78 Å². The number of ether oxygens (including phenoxy) is 2. The van der Waals surface area contributed by atoms with E-state index in [1.165, 1.54) is 14.2 Å². The van der Waals surface area contributed by atoms with Crippen LogP contribution in [0.15, 0.2) is 30.3 Å². The van der Waals surface area contributed by atoms with Gasteiger partial charge in [0, 0.05) is 18.7 Å². The largest absolute Gasteiger partial charge is 0.465 e. The minimum atomic E-state index is -0.719. The summed E-state index contributed by atoms with van der Waals surface area (Å²) in [5.41, 5.74) is 1.85. The Labute approximate surface area is 152 Å². The van der Waals surface area contributed by atoms with Crippen molar-refractivity contribution < 1.29 is 23.9 Å². The molecule has 0 aliphatic rings. The maximum atomic E-state index is 12.6. The van der Waals surface area contributed by atoms with Crippen LogP contribution in [0.5, 0.6) is 0 Å². The van der Waals surface area contributed by atoms with Gasteiger partial charge < -0.3 is 14.0 Å². The number of carbonyl (C=O) groups is 3. The number of hydrogen-bond acceptors (Lipinski definition) is 5. The van der Waals surface area contributed by atoms with Crippen LogP contribution in [0.1, 0.15) is 62.7 Å². The Balaban J connectivity index is 2.82. The van der Waals surface area contributed by atoms with E-state index >= 15 is 0 Å². The Hall–Kier alpha value is -2.89. The van der Waals surface area contributed by atoms with Crippen LogP contribution in [0.25, 0.3) is 0 Å². The van der Waals surface area contributed by atoms with Crippen molar-refractivity contribution in [1.29, 1.82) is 0 Å². The van der Waals surface area contributed by atoms with Gasteiger partial charge in [0.05, 0.1) is 19.8 Å². The summed E-state index contributed by atoms with van der Waals surface area (Å²) in [5, 5.41) is 0. The van der Waals surface area contributed by atoms with Crippen molar-refractivity contribution >= 4 is 17.7 Å². The first-order valence-electron chi connectivity index (χ1n) is 8.49. The molecule has 0 atom stereocenters. The Kier molecular flexibility index (Phi) is 6.33. The molecule has 0 aliphatic carbocycles. The summed E-state index contributed by atoms with van der Waals surface area (Å²) in [6, 6.07) is 9.51. The van der Waals surface area contributed by atoms with Crippen LogP contribution in [0, 0.1) is 0 Å². The van der Waals surface area contributed by atoms with E-state index in [4.69, 9.17) is 9.47 Å². The Bertz CT molecular complexity index is 820. The first-order chi connectivity index (χ1) is 12.5. The highest BCUT2D eigenvalue weighted by atomic mass is 16.5. The fourth-order valence-electron chi connectivity index (χ4n) is 3.06. The zero-order chi connectivity index (χ0) is 19.3. The molecule has 0 amide bonds. The molecule has 0 radical (unpaired) electrons. The van der Waals surface area contributed by atoms with E-state index in [1.54, 1.807) is 11.5 Å². The molecule has 138 valence electrons. The lowest BCUT2D eigenvalue weighted by molar-refractivity contribution is 0.0546. The highest BCUT2D eigenvalue weighted by Gasteiger charge is 2.34. The normalized spacial score (nSPS) is 10.5. The van der Waals surface area contributed by atoms with Crippen molar-refractivity contribution in [3.63, 3.8) is 0 Å². The molecule has 6 heteroatoms. The number of ketones is 1. The number of hydrogen-bond donors (Lipinski definition) is 0. The minimum absolute atomic E-state index is 0.0148. The number of benzene rings is 1. The number of rotatable bonds is 7. The summed E-state index contributed by atoms with van der Waals surface area (Å²) in [4.78, 5) is 37.5. The molecule has 0 saturated carbocycles. The van der Waals surface area contributed by atoms with Crippen molar-refractivity contribution in [2.24, 2.45) is 0 Å². The third-order valence-electron chi connectivity index (χ3n) is 4.26. The number of Topliss-reactive ketones (excluding diaryl/α,β-unsaturated/α-hetero) is 1. The molecule has 6 nitrogen and oxygen atoms in total. The predicted octanol–water partition coefficient (Wildman–Crippen LogP) is 3.26. The van der Waals surface area contributed by atoms with Gasteiger partial charge in [-0.05, 0) is 12.0 Å². The number of nitrogens with zero attached hydrogens (tertiary/aromatic N) is 1. The van der Waals surface area contributed by atoms with Gasteiger partial charge in [0.1, 0.15) is 11.3 Å². The van der Waals surface area contributed by atoms with Gasteiger partial charge in [-0.1, -0.05) is 44.2 Å². The third kappa shape index (κ3) is 3.54. The zero-order valence-corrected chi connectivity index (χ0v) is 15.5. The van der Waals surface area contributed by atoms with Gasteiger partial charge in [-0.25, -0.2) is 9.59 Å². The lowest BCUT2D eigenvalue weighted by atomic mass is 10.0. The van der Waals surface area contributed by atoms with Crippen LogP contribution in [0.2, 0.25) is 0 Å². The third-order valence-corrected chi connectivity index (χ3v) is 4.26. The van der Waals surface area contributed by atoms with Crippen molar-refractivity contribution in [1.82, 2.24) is 4.57 Å². The van der Waals surface area contributed by atoms with Crippen LogP contribution in [-0.4, -0.2) is 36.5 Å². The molecule has 2 aromatic rings. The van der Waals surface area contributed by atoms with Crippen LogP contribution in [0.4, 0.5) is 0 Å². The average Bonchev–Trinajstić information content (AvgIpc) is 3.00. The first kappa shape index (κ1) is 19.4. The highest BCUT2D eigenvalue weighted by molar-refractivity contribution is 6.13. The van der Waals surface area contributed by atoms with Crippen LogP contribution >= 0.6 is 0 Å². The fourth-order valence-corrected chi connectivity index (χ4v) is 3.06. The molecule has 0 bridgehead atoms. The maximum absolute atomic E-state index is 12.6. The number of aromatic nitrogens is 1. The molecular formula is C20H23NO5. The Morgan fingerprint density at radius 1 is 0.923 bits per heavy atom. The lowest BCUT2D eigenvalue weighted by Crippen LogP contribution is -2.17. The monoisotopic (exact) mass is 357 g/mol. The topological polar surface area (TPSA) is 74.6 Å². The summed E-state index contributed by atoms with van der Waals surface area (Å²) >= 11 is 0. The van der Waals surface area contributed by atoms with Gasteiger partial charge in [-0.2, -0.15) is 0 Å². The van der Waals surface area contributed by atoms with E-state index in [0.717, 1.165) is 5.56 Å². The predicted molar refractivity (Wildman–Crippen MR) is 96.7 cm³/mol. The van der Waals surface area contributed by atoms with Crippen molar-refractivity contribution in [3.8, 4) is 0 Å². The summed E-state index contributed by atoms with van der Waals surface area (Å²) in [6.07, 6.45) is 0.696. The van der Waals surface area contributed by atoms with E-state index in [9.17, 15) is 14.4 Å². The van der Waals surface area contributed by atoms with Crippen molar-refractivity contribution in [2.75, 3.05) is 14.2 Å². The van der Waals surface area contributed by atoms with Gasteiger partial charge >= 0.3 is 11.9 Å². The molecule has 0 N–H and O–H groups in total. The van der Waals surface area contributed by atoms with E-state index in [0.29, 0.717) is 18.7 Å². The molecule has 26 heavy (non-hydrogen) atoms. The molecule has 0 spiro atoms. The van der Waals surface area contributed by atoms with Crippen molar-refractivity contribution in [3.05, 3.63) is 58.4 Å². The fraction of sp³-hybridized carbons (Fsp3) is 0.350. The molecule has 0 unspecified atom stereocenters. The molecule has 2 rings (SSSR count). The van der Waals surface area contributed by atoms with E-state index in [1.807, 2.05) is 37.3 Å². The van der Waals surface area contributed by atoms with Gasteiger partial charge in [-0.3, -0.25) is 4.79 Å². The molecule has 1 aromatic heterocycles. The van der Waals surface area contributed by atoms with E-state index in [-0.39, 0.29) is 29.0 Å². The van der Waals surface area contributed by atoms with Gasteiger partial charge in [0.25, 0.3) is 0 Å². The molecule has 0 aliphatic heterocycles. The number of esters is 2. The standard InChI is InChI=1S/C20H23NO5/c1-5-14-16(15(22)6-2)17(19(23)25-3)18(20(24)26-4)21(14)12-13-10-8-7-9-11-13/h7-11H,5-6,12H2,1-4H3. The SMILES string of the molecule is CCC(=O)c1c(C(=O)OC)c(C(=O)OC)n(Cc2ccccc2)c1CC. The minimum Gasteiger partial charge on any atom is -0.465 e. The molecule has 1 aromatic carbocycles. The van der Waals surface area contributed by atoms with Crippen LogP contribution < -0.4 is 0 Å². The van der Waals surface area contributed by atoms with Gasteiger partial charge in [0.2, 0.25) is 0 Å². The average molecular weight is 357 g/mol. The maximum Gasteiger partial charge on any atom is 0.355 e. The smallest absolute Gasteiger partial charge is 0.355 e. The second-order valence-electron chi connectivity index (χ2n) is 5.73. The van der Waals surface area contributed by atoms with E-state index < -0.39 is 11.9 Å². The number of methoxy groups -OCH3 is 2. The highest BCUT2D eigenvalue weighted by Crippen LogP contribution is 2.28. The first-order valence-corrected chi connectivity index (χ1v) is 8.49. The van der Waals surface area contributed by atoms with Crippen LogP contribution in [0.3, 0.4) is 0 Å². The zero-order valence-electron chi connectivity index (χ0n) is 15.5. The summed E-state index contributed by atoms with van der Waals surface area (Å²) in [5.74, 6) is -1.60. The second kappa shape index (κ2) is 8.47. The van der Waals surface area contributed by atoms with Crippen LogP contribution in [-0.2, 0) is 22.4 Å².